The van der Waals surface area contributed by atoms with E-state index < -0.39 is 5.54 Å². The first-order valence-electron chi connectivity index (χ1n) is 7.57. The number of amides is 1. The molecule has 23 heavy (non-hydrogen) atoms. The number of nitrogens with zero attached hydrogens (tertiary/aromatic N) is 2. The third-order valence-electron chi connectivity index (χ3n) is 3.57. The zero-order valence-corrected chi connectivity index (χ0v) is 14.6. The van der Waals surface area contributed by atoms with Gasteiger partial charge in [-0.15, -0.1) is 12.4 Å². The lowest BCUT2D eigenvalue weighted by Crippen LogP contribution is -2.52. The summed E-state index contributed by atoms with van der Waals surface area (Å²) < 4.78 is 1.69. The van der Waals surface area contributed by atoms with Crippen molar-refractivity contribution in [2.45, 2.75) is 32.7 Å². The number of benzene rings is 1. The predicted octanol–water partition coefficient (Wildman–Crippen LogP) is 2.79. The molecular weight excluding hydrogens is 312 g/mol. The molecule has 0 bridgehead atoms. The number of aromatic nitrogens is 2. The molecule has 3 N–H and O–H groups in total. The Bertz CT molecular complexity index is 627. The van der Waals surface area contributed by atoms with Crippen molar-refractivity contribution < 1.29 is 4.79 Å². The molecular formula is C17H25ClN4O. The fraction of sp³-hybridized carbons (Fsp3) is 0.412. The molecule has 0 fully saturated rings. The molecule has 126 valence electrons. The number of hydrogen-bond acceptors (Lipinski definition) is 3. The molecule has 1 heterocycles. The van der Waals surface area contributed by atoms with Gasteiger partial charge in [-0.1, -0.05) is 32.0 Å². The third-order valence-corrected chi connectivity index (χ3v) is 3.57. The fourth-order valence-electron chi connectivity index (χ4n) is 2.59. The summed E-state index contributed by atoms with van der Waals surface area (Å²) >= 11 is 0. The van der Waals surface area contributed by atoms with Crippen molar-refractivity contribution in [3.63, 3.8) is 0 Å². The minimum absolute atomic E-state index is 0. The number of halogens is 1. The van der Waals surface area contributed by atoms with E-state index in [2.05, 4.69) is 24.3 Å². The van der Waals surface area contributed by atoms with E-state index in [-0.39, 0.29) is 18.3 Å². The van der Waals surface area contributed by atoms with Crippen LogP contribution in [0.1, 0.15) is 37.7 Å². The number of para-hydroxylation sites is 1. The van der Waals surface area contributed by atoms with E-state index >= 15 is 0 Å². The van der Waals surface area contributed by atoms with E-state index in [0.717, 1.165) is 12.1 Å². The van der Waals surface area contributed by atoms with Crippen molar-refractivity contribution in [2.24, 2.45) is 11.7 Å². The Morgan fingerprint density at radius 1 is 1.30 bits per heavy atom. The zero-order valence-electron chi connectivity index (χ0n) is 13.8. The van der Waals surface area contributed by atoms with Gasteiger partial charge in [0.2, 0.25) is 0 Å². The summed E-state index contributed by atoms with van der Waals surface area (Å²) in [5.41, 5.74) is 6.74. The van der Waals surface area contributed by atoms with Crippen molar-refractivity contribution in [2.75, 3.05) is 6.54 Å². The Labute approximate surface area is 143 Å². The lowest BCUT2D eigenvalue weighted by atomic mass is 9.90. The standard InChI is InChI=1S/C17H24N4O.ClH/c1-13(2)11-17(3,12-18)19-16(22)15-9-10-21(20-15)14-7-5-4-6-8-14;/h4-10,13H,11-12,18H2,1-3H3,(H,19,22);1H. The quantitative estimate of drug-likeness (QED) is 0.852. The maximum Gasteiger partial charge on any atom is 0.272 e. The highest BCUT2D eigenvalue weighted by Gasteiger charge is 2.27. The summed E-state index contributed by atoms with van der Waals surface area (Å²) in [7, 11) is 0. The summed E-state index contributed by atoms with van der Waals surface area (Å²) in [4.78, 5) is 12.4. The van der Waals surface area contributed by atoms with Crippen LogP contribution in [0.3, 0.4) is 0 Å². The van der Waals surface area contributed by atoms with E-state index in [4.69, 9.17) is 5.73 Å². The van der Waals surface area contributed by atoms with E-state index in [1.54, 1.807) is 16.9 Å². The molecule has 1 unspecified atom stereocenters. The monoisotopic (exact) mass is 336 g/mol. The topological polar surface area (TPSA) is 72.9 Å². The second kappa shape index (κ2) is 8.13. The molecule has 0 aliphatic carbocycles. The van der Waals surface area contributed by atoms with Crippen LogP contribution in [0.25, 0.3) is 5.69 Å². The number of nitrogens with two attached hydrogens (primary N) is 1. The van der Waals surface area contributed by atoms with Crippen LogP contribution < -0.4 is 11.1 Å². The van der Waals surface area contributed by atoms with Gasteiger partial charge in [0.15, 0.2) is 5.69 Å². The smallest absolute Gasteiger partial charge is 0.272 e. The Hall–Kier alpha value is -1.85. The van der Waals surface area contributed by atoms with Gasteiger partial charge in [-0.2, -0.15) is 5.10 Å². The first-order valence-corrected chi connectivity index (χ1v) is 7.57. The van der Waals surface area contributed by atoms with Crippen molar-refractivity contribution in [3.05, 3.63) is 48.3 Å². The van der Waals surface area contributed by atoms with Crippen molar-refractivity contribution in [3.8, 4) is 5.69 Å². The highest BCUT2D eigenvalue weighted by Crippen LogP contribution is 2.16. The first kappa shape index (κ1) is 19.2. The molecule has 1 aromatic carbocycles. The van der Waals surface area contributed by atoms with Gasteiger partial charge in [0, 0.05) is 12.7 Å². The summed E-state index contributed by atoms with van der Waals surface area (Å²) in [6.45, 7) is 6.60. The molecule has 1 amide bonds. The van der Waals surface area contributed by atoms with E-state index in [0.29, 0.717) is 18.2 Å². The summed E-state index contributed by atoms with van der Waals surface area (Å²) in [6.07, 6.45) is 2.61. The lowest BCUT2D eigenvalue weighted by molar-refractivity contribution is 0.0892. The number of carbonyl (C=O) groups excluding carboxylic acids is 1. The van der Waals surface area contributed by atoms with E-state index in [9.17, 15) is 4.79 Å². The molecule has 0 aliphatic rings. The SMILES string of the molecule is CC(C)CC(C)(CN)NC(=O)c1ccn(-c2ccccc2)n1.Cl. The maximum absolute atomic E-state index is 12.4. The Kier molecular flexibility index (Phi) is 6.79. The van der Waals surface area contributed by atoms with Crippen LogP contribution in [0, 0.1) is 5.92 Å². The van der Waals surface area contributed by atoms with Crippen LogP contribution in [0.2, 0.25) is 0 Å². The van der Waals surface area contributed by atoms with Crippen LogP contribution in [0.15, 0.2) is 42.6 Å². The summed E-state index contributed by atoms with van der Waals surface area (Å²) in [5.74, 6) is 0.263. The maximum atomic E-state index is 12.4. The van der Waals surface area contributed by atoms with Gasteiger partial charge in [0.05, 0.1) is 11.2 Å². The average Bonchev–Trinajstić information content (AvgIpc) is 2.97. The fourth-order valence-corrected chi connectivity index (χ4v) is 2.59. The number of nitrogens with one attached hydrogen (secondary N) is 1. The summed E-state index contributed by atoms with van der Waals surface area (Å²) in [6, 6.07) is 11.4. The second-order valence-electron chi connectivity index (χ2n) is 6.30. The highest BCUT2D eigenvalue weighted by molar-refractivity contribution is 5.92. The largest absolute Gasteiger partial charge is 0.344 e. The molecule has 1 atom stereocenters. The van der Waals surface area contributed by atoms with E-state index in [1.807, 2.05) is 37.3 Å². The van der Waals surface area contributed by atoms with Crippen molar-refractivity contribution >= 4 is 18.3 Å². The molecule has 0 radical (unpaired) electrons. The number of rotatable bonds is 6. The molecule has 0 spiro atoms. The number of carbonyl (C=O) groups is 1. The predicted molar refractivity (Wildman–Crippen MR) is 95.2 cm³/mol. The van der Waals surface area contributed by atoms with Gasteiger partial charge in [-0.25, -0.2) is 4.68 Å². The zero-order chi connectivity index (χ0) is 16.2. The average molecular weight is 337 g/mol. The molecule has 2 rings (SSSR count). The van der Waals surface area contributed by atoms with Crippen LogP contribution in [0.5, 0.6) is 0 Å². The van der Waals surface area contributed by atoms with Crippen molar-refractivity contribution in [1.82, 2.24) is 15.1 Å². The van der Waals surface area contributed by atoms with Gasteiger partial charge in [0.25, 0.3) is 5.91 Å². The van der Waals surface area contributed by atoms with Gasteiger partial charge in [0.1, 0.15) is 0 Å². The Morgan fingerprint density at radius 2 is 1.96 bits per heavy atom. The van der Waals surface area contributed by atoms with E-state index in [1.165, 1.54) is 0 Å². The molecule has 5 nitrogen and oxygen atoms in total. The van der Waals surface area contributed by atoms with Crippen LogP contribution in [-0.4, -0.2) is 27.8 Å². The van der Waals surface area contributed by atoms with Gasteiger partial charge >= 0.3 is 0 Å². The third kappa shape index (κ3) is 5.08. The summed E-state index contributed by atoms with van der Waals surface area (Å²) in [5, 5.41) is 7.36. The number of hydrogen-bond donors (Lipinski definition) is 2. The molecule has 1 aromatic heterocycles. The highest BCUT2D eigenvalue weighted by atomic mass is 35.5. The lowest BCUT2D eigenvalue weighted by Gasteiger charge is -2.30. The molecule has 2 aromatic rings. The Morgan fingerprint density at radius 3 is 2.52 bits per heavy atom. The minimum atomic E-state index is -0.415. The normalized spacial score (nSPS) is 13.3. The van der Waals surface area contributed by atoms with Crippen LogP contribution in [-0.2, 0) is 0 Å². The van der Waals surface area contributed by atoms with Gasteiger partial charge in [-0.05, 0) is 37.5 Å². The van der Waals surface area contributed by atoms with Crippen LogP contribution in [0.4, 0.5) is 0 Å². The first-order chi connectivity index (χ1) is 10.4. The molecule has 0 saturated heterocycles. The molecule has 0 saturated carbocycles. The minimum Gasteiger partial charge on any atom is -0.344 e. The van der Waals surface area contributed by atoms with Gasteiger partial charge in [-0.3, -0.25) is 4.79 Å². The van der Waals surface area contributed by atoms with Crippen LogP contribution >= 0.6 is 12.4 Å². The van der Waals surface area contributed by atoms with Crippen molar-refractivity contribution in [1.29, 1.82) is 0 Å². The molecule has 0 aliphatic heterocycles. The molecule has 6 heteroatoms. The Balaban J connectivity index is 0.00000264. The van der Waals surface area contributed by atoms with Gasteiger partial charge < -0.3 is 11.1 Å². The second-order valence-corrected chi connectivity index (χ2v) is 6.30.